The second kappa shape index (κ2) is 5.00. The number of aliphatic hydroxyl groups excluding tert-OH is 1. The van der Waals surface area contributed by atoms with Crippen LogP contribution in [0.15, 0.2) is 12.1 Å². The highest BCUT2D eigenvalue weighted by molar-refractivity contribution is 5.37. The quantitative estimate of drug-likeness (QED) is 0.840. The van der Waals surface area contributed by atoms with Crippen molar-refractivity contribution in [1.82, 2.24) is 0 Å². The molecule has 1 aliphatic rings. The molecule has 1 N–H and O–H groups in total. The summed E-state index contributed by atoms with van der Waals surface area (Å²) in [6, 6.07) is 3.06. The van der Waals surface area contributed by atoms with Gasteiger partial charge in [-0.25, -0.2) is 4.39 Å². The lowest BCUT2D eigenvalue weighted by Crippen LogP contribution is -2.26. The van der Waals surface area contributed by atoms with Gasteiger partial charge in [-0.15, -0.1) is 0 Å². The predicted octanol–water partition coefficient (Wildman–Crippen LogP) is 4.45. The third-order valence-electron chi connectivity index (χ3n) is 4.72. The molecule has 1 unspecified atom stereocenters. The normalized spacial score (nSPS) is 20.1. The average molecular weight is 250 g/mol. The van der Waals surface area contributed by atoms with E-state index in [4.69, 9.17) is 0 Å². The monoisotopic (exact) mass is 250 g/mol. The summed E-state index contributed by atoms with van der Waals surface area (Å²) in [5.41, 5.74) is 2.70. The van der Waals surface area contributed by atoms with E-state index in [1.54, 1.807) is 0 Å². The maximum absolute atomic E-state index is 13.3. The molecule has 0 saturated heterocycles. The Labute approximate surface area is 109 Å². The molecule has 1 aromatic carbocycles. The van der Waals surface area contributed by atoms with E-state index in [1.165, 1.54) is 25.0 Å². The van der Waals surface area contributed by atoms with Gasteiger partial charge in [0.15, 0.2) is 0 Å². The predicted molar refractivity (Wildman–Crippen MR) is 72.0 cm³/mol. The third kappa shape index (κ3) is 2.18. The van der Waals surface area contributed by atoms with Gasteiger partial charge < -0.3 is 5.11 Å². The molecule has 0 heterocycles. The summed E-state index contributed by atoms with van der Waals surface area (Å²) in [5.74, 6) is -0.210. The molecule has 100 valence electrons. The SMILES string of the molecule is CCC1(C(O)c2c(C)cc(F)cc2C)CCCC1. The molecule has 2 rings (SSSR count). The van der Waals surface area contributed by atoms with Crippen molar-refractivity contribution in [2.45, 2.75) is 59.0 Å². The minimum absolute atomic E-state index is 0.00729. The smallest absolute Gasteiger partial charge is 0.123 e. The largest absolute Gasteiger partial charge is 0.388 e. The molecule has 0 amide bonds. The van der Waals surface area contributed by atoms with Crippen molar-refractivity contribution in [3.8, 4) is 0 Å². The van der Waals surface area contributed by atoms with Gasteiger partial charge in [-0.2, -0.15) is 0 Å². The van der Waals surface area contributed by atoms with Gasteiger partial charge in [0.05, 0.1) is 6.10 Å². The fourth-order valence-electron chi connectivity index (χ4n) is 3.56. The third-order valence-corrected chi connectivity index (χ3v) is 4.72. The average Bonchev–Trinajstić information content (AvgIpc) is 2.77. The number of hydrogen-bond acceptors (Lipinski definition) is 1. The van der Waals surface area contributed by atoms with Crippen LogP contribution in [-0.4, -0.2) is 5.11 Å². The number of benzene rings is 1. The second-order valence-corrected chi connectivity index (χ2v) is 5.78. The van der Waals surface area contributed by atoms with Gasteiger partial charge in [-0.3, -0.25) is 0 Å². The van der Waals surface area contributed by atoms with E-state index >= 15 is 0 Å². The molecule has 1 atom stereocenters. The van der Waals surface area contributed by atoms with Crippen LogP contribution < -0.4 is 0 Å². The van der Waals surface area contributed by atoms with Crippen molar-refractivity contribution < 1.29 is 9.50 Å². The lowest BCUT2D eigenvalue weighted by molar-refractivity contribution is 0.0228. The number of aliphatic hydroxyl groups is 1. The summed E-state index contributed by atoms with van der Waals surface area (Å²) >= 11 is 0. The molecule has 0 bridgehead atoms. The summed E-state index contributed by atoms with van der Waals surface area (Å²) in [5, 5.41) is 10.8. The zero-order valence-corrected chi connectivity index (χ0v) is 11.6. The summed E-state index contributed by atoms with van der Waals surface area (Å²) in [4.78, 5) is 0. The standard InChI is InChI=1S/C16H23FO/c1-4-16(7-5-6-8-16)15(18)14-11(2)9-13(17)10-12(14)3/h9-10,15,18H,4-8H2,1-3H3. The van der Waals surface area contributed by atoms with Crippen LogP contribution in [0.1, 0.15) is 61.8 Å². The molecule has 0 aliphatic heterocycles. The first-order chi connectivity index (χ1) is 8.50. The van der Waals surface area contributed by atoms with Gasteiger partial charge in [-0.1, -0.05) is 19.8 Å². The number of halogens is 1. The van der Waals surface area contributed by atoms with Crippen molar-refractivity contribution in [3.63, 3.8) is 0 Å². The lowest BCUT2D eigenvalue weighted by atomic mass is 9.73. The van der Waals surface area contributed by atoms with Gasteiger partial charge in [0, 0.05) is 5.41 Å². The number of rotatable bonds is 3. The van der Waals surface area contributed by atoms with E-state index in [2.05, 4.69) is 6.92 Å². The van der Waals surface area contributed by atoms with Crippen molar-refractivity contribution in [1.29, 1.82) is 0 Å². The molecule has 1 fully saturated rings. The van der Waals surface area contributed by atoms with E-state index in [-0.39, 0.29) is 11.2 Å². The van der Waals surface area contributed by atoms with E-state index in [9.17, 15) is 9.50 Å². The molecule has 1 aliphatic carbocycles. The molecule has 1 nitrogen and oxygen atoms in total. The first-order valence-electron chi connectivity index (χ1n) is 6.95. The lowest BCUT2D eigenvalue weighted by Gasteiger charge is -2.35. The van der Waals surface area contributed by atoms with Crippen LogP contribution in [0.5, 0.6) is 0 Å². The Kier molecular flexibility index (Phi) is 3.76. The molecule has 18 heavy (non-hydrogen) atoms. The summed E-state index contributed by atoms with van der Waals surface area (Å²) < 4.78 is 13.3. The van der Waals surface area contributed by atoms with Crippen LogP contribution in [0.3, 0.4) is 0 Å². The molecule has 0 aromatic heterocycles. The first kappa shape index (κ1) is 13.5. The van der Waals surface area contributed by atoms with E-state index in [0.717, 1.165) is 36.0 Å². The molecule has 2 heteroatoms. The molecule has 0 radical (unpaired) electrons. The Bertz CT molecular complexity index is 410. The van der Waals surface area contributed by atoms with Crippen molar-refractivity contribution >= 4 is 0 Å². The van der Waals surface area contributed by atoms with Gasteiger partial charge in [0.2, 0.25) is 0 Å². The Morgan fingerprint density at radius 3 is 2.17 bits per heavy atom. The van der Waals surface area contributed by atoms with E-state index in [1.807, 2.05) is 13.8 Å². The van der Waals surface area contributed by atoms with Crippen LogP contribution in [-0.2, 0) is 0 Å². The number of aryl methyl sites for hydroxylation is 2. The molecular weight excluding hydrogens is 227 g/mol. The first-order valence-corrected chi connectivity index (χ1v) is 6.95. The van der Waals surface area contributed by atoms with E-state index in [0.29, 0.717) is 0 Å². The van der Waals surface area contributed by atoms with Crippen LogP contribution in [0.4, 0.5) is 4.39 Å². The zero-order chi connectivity index (χ0) is 13.3. The van der Waals surface area contributed by atoms with Gasteiger partial charge in [0.25, 0.3) is 0 Å². The fraction of sp³-hybridized carbons (Fsp3) is 0.625. The highest BCUT2D eigenvalue weighted by Gasteiger charge is 2.40. The molecule has 1 saturated carbocycles. The molecule has 0 spiro atoms. The maximum Gasteiger partial charge on any atom is 0.123 e. The van der Waals surface area contributed by atoms with Gasteiger partial charge in [-0.05, 0) is 61.9 Å². The zero-order valence-electron chi connectivity index (χ0n) is 11.6. The van der Waals surface area contributed by atoms with Crippen LogP contribution >= 0.6 is 0 Å². The highest BCUT2D eigenvalue weighted by Crippen LogP contribution is 2.51. The second-order valence-electron chi connectivity index (χ2n) is 5.78. The summed E-state index contributed by atoms with van der Waals surface area (Å²) in [6.45, 7) is 5.95. The molecular formula is C16H23FO. The van der Waals surface area contributed by atoms with Crippen LogP contribution in [0, 0.1) is 25.1 Å². The van der Waals surface area contributed by atoms with Crippen molar-refractivity contribution in [2.24, 2.45) is 5.41 Å². The Morgan fingerprint density at radius 1 is 1.22 bits per heavy atom. The summed E-state index contributed by atoms with van der Waals surface area (Å²) in [6.07, 6.45) is 5.10. The van der Waals surface area contributed by atoms with Gasteiger partial charge >= 0.3 is 0 Å². The Hall–Kier alpha value is -0.890. The Morgan fingerprint density at radius 2 is 1.72 bits per heavy atom. The van der Waals surface area contributed by atoms with Crippen LogP contribution in [0.25, 0.3) is 0 Å². The van der Waals surface area contributed by atoms with E-state index < -0.39 is 6.10 Å². The molecule has 1 aromatic rings. The summed E-state index contributed by atoms with van der Waals surface area (Å²) in [7, 11) is 0. The van der Waals surface area contributed by atoms with Gasteiger partial charge in [0.1, 0.15) is 5.82 Å². The highest BCUT2D eigenvalue weighted by atomic mass is 19.1. The maximum atomic E-state index is 13.3. The minimum Gasteiger partial charge on any atom is -0.388 e. The van der Waals surface area contributed by atoms with Crippen LogP contribution in [0.2, 0.25) is 0 Å². The fourth-order valence-corrected chi connectivity index (χ4v) is 3.56. The minimum atomic E-state index is -0.453. The van der Waals surface area contributed by atoms with Crippen molar-refractivity contribution in [3.05, 3.63) is 34.6 Å². The Balaban J connectivity index is 2.42. The number of hydrogen-bond donors (Lipinski definition) is 1. The topological polar surface area (TPSA) is 20.2 Å². The van der Waals surface area contributed by atoms with Crippen molar-refractivity contribution in [2.75, 3.05) is 0 Å².